The Balaban J connectivity index is 2.33. The molecule has 1 aliphatic heterocycles. The van der Waals surface area contributed by atoms with Crippen LogP contribution in [0.3, 0.4) is 0 Å². The molecule has 1 saturated heterocycles. The van der Waals surface area contributed by atoms with Gasteiger partial charge in [0.05, 0.1) is 0 Å². The van der Waals surface area contributed by atoms with E-state index in [1.54, 1.807) is 23.3 Å². The molecule has 0 aromatic carbocycles. The average Bonchev–Trinajstić information content (AvgIpc) is 1.65. The Bertz CT molecular complexity index is 68.5. The van der Waals surface area contributed by atoms with E-state index < -0.39 is 13.3 Å². The van der Waals surface area contributed by atoms with Gasteiger partial charge in [0.2, 0.25) is 0 Å². The van der Waals surface area contributed by atoms with E-state index in [1.807, 2.05) is 0 Å². The van der Waals surface area contributed by atoms with Crippen LogP contribution >= 0.6 is 0 Å². The SMILES string of the molecule is [CH3][Ge]1([CH3])[CH2]CCC[CH2]1. The topological polar surface area (TPSA) is 0 Å². The first-order valence-corrected chi connectivity index (χ1v) is 10.9. The first-order valence-electron chi connectivity index (χ1n) is 3.71. The summed E-state index contributed by atoms with van der Waals surface area (Å²) in [5, 5.41) is 3.28. The first kappa shape index (κ1) is 6.66. The van der Waals surface area contributed by atoms with Crippen molar-refractivity contribution >= 4 is 13.3 Å². The van der Waals surface area contributed by atoms with Gasteiger partial charge < -0.3 is 0 Å². The summed E-state index contributed by atoms with van der Waals surface area (Å²) in [6.07, 6.45) is 4.62. The molecular weight excluding hydrogens is 157 g/mol. The van der Waals surface area contributed by atoms with Gasteiger partial charge in [-0.2, -0.15) is 0 Å². The van der Waals surface area contributed by atoms with E-state index in [4.69, 9.17) is 0 Å². The van der Waals surface area contributed by atoms with Gasteiger partial charge in [-0.1, -0.05) is 0 Å². The van der Waals surface area contributed by atoms with Crippen LogP contribution in [0.4, 0.5) is 0 Å². The van der Waals surface area contributed by atoms with Gasteiger partial charge >= 0.3 is 54.5 Å². The van der Waals surface area contributed by atoms with Crippen LogP contribution in [0, 0.1) is 0 Å². The van der Waals surface area contributed by atoms with E-state index in [0.717, 1.165) is 0 Å². The van der Waals surface area contributed by atoms with E-state index in [1.165, 1.54) is 6.42 Å². The number of hydrogen-bond donors (Lipinski definition) is 0. The predicted octanol–water partition coefficient (Wildman–Crippen LogP) is 2.88. The van der Waals surface area contributed by atoms with Crippen molar-refractivity contribution in [3.05, 3.63) is 0 Å². The number of rotatable bonds is 0. The molecule has 0 unspecified atom stereocenters. The molecule has 48 valence electrons. The van der Waals surface area contributed by atoms with Crippen LogP contribution in [0.5, 0.6) is 0 Å². The van der Waals surface area contributed by atoms with Crippen molar-refractivity contribution in [1.29, 1.82) is 0 Å². The molecule has 0 bridgehead atoms. The molecule has 1 heterocycles. The Kier molecular flexibility index (Phi) is 2.02. The second-order valence-corrected chi connectivity index (χ2v) is 14.9. The second kappa shape index (κ2) is 2.42. The van der Waals surface area contributed by atoms with Gasteiger partial charge in [-0.3, -0.25) is 0 Å². The van der Waals surface area contributed by atoms with E-state index in [2.05, 4.69) is 11.5 Å². The molecule has 1 rings (SSSR count). The molecule has 0 aromatic heterocycles. The van der Waals surface area contributed by atoms with Crippen molar-refractivity contribution in [2.24, 2.45) is 0 Å². The van der Waals surface area contributed by atoms with E-state index in [0.29, 0.717) is 0 Å². The Hall–Kier alpha value is 0.543. The van der Waals surface area contributed by atoms with Crippen molar-refractivity contribution in [3.63, 3.8) is 0 Å². The van der Waals surface area contributed by atoms with Crippen molar-refractivity contribution in [3.8, 4) is 0 Å². The fourth-order valence-electron chi connectivity index (χ4n) is 1.51. The monoisotopic (exact) mass is 174 g/mol. The van der Waals surface area contributed by atoms with Crippen LogP contribution in [0.2, 0.25) is 22.0 Å². The Morgan fingerprint density at radius 2 is 1.38 bits per heavy atom. The maximum atomic E-state index is 2.57. The third-order valence-corrected chi connectivity index (χ3v) is 9.37. The van der Waals surface area contributed by atoms with Gasteiger partial charge in [-0.15, -0.1) is 0 Å². The zero-order chi connectivity index (χ0) is 6.04. The Labute approximate surface area is 55.0 Å². The van der Waals surface area contributed by atoms with Crippen LogP contribution in [0.15, 0.2) is 0 Å². The number of hydrogen-bond acceptors (Lipinski definition) is 0. The molecule has 0 radical (unpaired) electrons. The van der Waals surface area contributed by atoms with E-state index >= 15 is 0 Å². The molecule has 0 nitrogen and oxygen atoms in total. The van der Waals surface area contributed by atoms with Gasteiger partial charge in [0.15, 0.2) is 0 Å². The quantitative estimate of drug-likeness (QED) is 0.493. The minimum atomic E-state index is -1.03. The fraction of sp³-hybridized carbons (Fsp3) is 1.00. The summed E-state index contributed by atoms with van der Waals surface area (Å²) in [5.74, 6) is 5.14. The minimum absolute atomic E-state index is 1.03. The summed E-state index contributed by atoms with van der Waals surface area (Å²) < 4.78 is 0. The van der Waals surface area contributed by atoms with Gasteiger partial charge in [-0.25, -0.2) is 0 Å². The van der Waals surface area contributed by atoms with Crippen LogP contribution in [-0.4, -0.2) is 13.3 Å². The van der Waals surface area contributed by atoms with Crippen molar-refractivity contribution in [1.82, 2.24) is 0 Å². The molecule has 0 saturated carbocycles. The zero-order valence-corrected chi connectivity index (χ0v) is 8.13. The fourth-order valence-corrected chi connectivity index (χ4v) is 7.10. The molecule has 8 heavy (non-hydrogen) atoms. The Morgan fingerprint density at radius 3 is 1.62 bits per heavy atom. The molecule has 0 aromatic rings. The first-order chi connectivity index (χ1) is 3.71. The molecule has 0 aliphatic carbocycles. The molecule has 0 N–H and O–H groups in total. The summed E-state index contributed by atoms with van der Waals surface area (Å²) in [4.78, 5) is 0. The van der Waals surface area contributed by atoms with Crippen LogP contribution in [-0.2, 0) is 0 Å². The standard InChI is InChI=1S/C7H16Ge/c1-8(2)6-4-3-5-7-8/h3-7H2,1-2H3. The van der Waals surface area contributed by atoms with E-state index in [-0.39, 0.29) is 0 Å². The van der Waals surface area contributed by atoms with Gasteiger partial charge in [0.25, 0.3) is 0 Å². The maximum absolute atomic E-state index is 2.57. The predicted molar refractivity (Wildman–Crippen MR) is 40.9 cm³/mol. The second-order valence-electron chi connectivity index (χ2n) is 3.72. The molecule has 0 atom stereocenters. The molecule has 0 amide bonds. The van der Waals surface area contributed by atoms with E-state index in [9.17, 15) is 0 Å². The summed E-state index contributed by atoms with van der Waals surface area (Å²) >= 11 is -1.03. The van der Waals surface area contributed by atoms with Crippen molar-refractivity contribution in [2.75, 3.05) is 0 Å². The van der Waals surface area contributed by atoms with Crippen LogP contribution in [0.1, 0.15) is 19.3 Å². The summed E-state index contributed by atoms with van der Waals surface area (Å²) in [5.41, 5.74) is 0. The van der Waals surface area contributed by atoms with Gasteiger partial charge in [-0.05, 0) is 0 Å². The molecular formula is C7H16Ge. The Morgan fingerprint density at radius 1 is 0.875 bits per heavy atom. The summed E-state index contributed by atoms with van der Waals surface area (Å²) in [6.45, 7) is 0. The third-order valence-electron chi connectivity index (χ3n) is 2.21. The average molecular weight is 173 g/mol. The van der Waals surface area contributed by atoms with Crippen LogP contribution < -0.4 is 0 Å². The molecule has 1 heteroatoms. The molecule has 1 aliphatic rings. The van der Waals surface area contributed by atoms with Gasteiger partial charge in [0.1, 0.15) is 0 Å². The zero-order valence-electron chi connectivity index (χ0n) is 6.04. The van der Waals surface area contributed by atoms with Crippen LogP contribution in [0.25, 0.3) is 0 Å². The summed E-state index contributed by atoms with van der Waals surface area (Å²) in [6, 6.07) is 0. The van der Waals surface area contributed by atoms with Crippen molar-refractivity contribution in [2.45, 2.75) is 41.3 Å². The third kappa shape index (κ3) is 1.81. The molecule has 0 spiro atoms. The normalized spacial score (nSPS) is 27.8. The van der Waals surface area contributed by atoms with Gasteiger partial charge in [0, 0.05) is 0 Å². The summed E-state index contributed by atoms with van der Waals surface area (Å²) in [7, 11) is 0. The molecule has 1 fully saturated rings. The van der Waals surface area contributed by atoms with Crippen molar-refractivity contribution < 1.29 is 0 Å².